The summed E-state index contributed by atoms with van der Waals surface area (Å²) in [5, 5.41) is 0. The van der Waals surface area contributed by atoms with E-state index in [1.165, 1.54) is 31.4 Å². The number of amides is 1. The first kappa shape index (κ1) is 15.6. The van der Waals surface area contributed by atoms with Crippen LogP contribution in [-0.4, -0.2) is 22.2 Å². The minimum Gasteiger partial charge on any atom is -0.341 e. The fourth-order valence-electron chi connectivity index (χ4n) is 5.79. The van der Waals surface area contributed by atoms with Crippen molar-refractivity contribution >= 4 is 21.8 Å². The van der Waals surface area contributed by atoms with Gasteiger partial charge in [-0.25, -0.2) is 4.39 Å². The van der Waals surface area contributed by atoms with Crippen LogP contribution in [0.2, 0.25) is 0 Å². The zero-order chi connectivity index (χ0) is 16.2. The summed E-state index contributed by atoms with van der Waals surface area (Å²) >= 11 is 3.97. The predicted molar refractivity (Wildman–Crippen MR) is 91.6 cm³/mol. The van der Waals surface area contributed by atoms with Crippen molar-refractivity contribution in [3.05, 3.63) is 35.6 Å². The third-order valence-electron chi connectivity index (χ3n) is 6.10. The molecule has 0 radical (unpaired) electrons. The Morgan fingerprint density at radius 3 is 2.61 bits per heavy atom. The van der Waals surface area contributed by atoms with Crippen LogP contribution in [-0.2, 0) is 11.3 Å². The first-order valence-corrected chi connectivity index (χ1v) is 9.36. The highest BCUT2D eigenvalue weighted by atomic mass is 79.9. The summed E-state index contributed by atoms with van der Waals surface area (Å²) in [4.78, 5) is 15.1. The van der Waals surface area contributed by atoms with E-state index in [4.69, 9.17) is 0 Å². The van der Waals surface area contributed by atoms with Crippen LogP contribution in [0.5, 0.6) is 0 Å². The van der Waals surface area contributed by atoms with Crippen LogP contribution in [0.4, 0.5) is 4.39 Å². The molecular formula is C19H23BrFNO. The Morgan fingerprint density at radius 2 is 2.00 bits per heavy atom. The minimum absolute atomic E-state index is 0.185. The van der Waals surface area contributed by atoms with Gasteiger partial charge in [0.15, 0.2) is 0 Å². The van der Waals surface area contributed by atoms with E-state index in [1.807, 2.05) is 18.0 Å². The lowest BCUT2D eigenvalue weighted by molar-refractivity contribution is -0.154. The van der Waals surface area contributed by atoms with Gasteiger partial charge in [0.1, 0.15) is 5.82 Å². The molecule has 0 heterocycles. The number of halogens is 2. The van der Waals surface area contributed by atoms with Crippen molar-refractivity contribution in [3.63, 3.8) is 0 Å². The smallest absolute Gasteiger partial charge is 0.228 e. The van der Waals surface area contributed by atoms with E-state index in [2.05, 4.69) is 15.9 Å². The summed E-state index contributed by atoms with van der Waals surface area (Å²) in [6.07, 6.45) is 6.82. The molecular weight excluding hydrogens is 357 g/mol. The molecule has 1 aromatic rings. The summed E-state index contributed by atoms with van der Waals surface area (Å²) in [6.45, 7) is 0.489. The van der Waals surface area contributed by atoms with E-state index < -0.39 is 0 Å². The molecule has 4 fully saturated rings. The molecule has 23 heavy (non-hydrogen) atoms. The number of rotatable bonds is 3. The highest BCUT2D eigenvalue weighted by molar-refractivity contribution is 9.10. The Hall–Kier alpha value is -0.900. The van der Waals surface area contributed by atoms with Gasteiger partial charge in [-0.1, -0.05) is 28.1 Å². The molecule has 4 bridgehead atoms. The maximum atomic E-state index is 13.4. The van der Waals surface area contributed by atoms with E-state index in [0.29, 0.717) is 18.4 Å². The highest BCUT2D eigenvalue weighted by Gasteiger charge is 2.60. The lowest BCUT2D eigenvalue weighted by Gasteiger charge is -2.60. The number of carbonyl (C=O) groups is 1. The Balaban J connectivity index is 1.54. The maximum Gasteiger partial charge on any atom is 0.228 e. The summed E-state index contributed by atoms with van der Waals surface area (Å²) in [5.74, 6) is 1.42. The van der Waals surface area contributed by atoms with Crippen molar-refractivity contribution in [2.75, 3.05) is 7.05 Å². The highest BCUT2D eigenvalue weighted by Crippen LogP contribution is 2.64. The van der Waals surface area contributed by atoms with Gasteiger partial charge < -0.3 is 4.90 Å². The molecule has 2 unspecified atom stereocenters. The Kier molecular flexibility index (Phi) is 3.60. The summed E-state index contributed by atoms with van der Waals surface area (Å²) in [5.41, 5.74) is 0.675. The van der Waals surface area contributed by atoms with Gasteiger partial charge in [-0.05, 0) is 68.1 Å². The lowest BCUT2D eigenvalue weighted by atomic mass is 9.49. The van der Waals surface area contributed by atoms with Crippen molar-refractivity contribution in [1.29, 1.82) is 0 Å². The number of hydrogen-bond acceptors (Lipinski definition) is 1. The molecule has 1 amide bonds. The summed E-state index contributed by atoms with van der Waals surface area (Å²) in [6, 6.07) is 6.56. The molecule has 4 saturated carbocycles. The van der Waals surface area contributed by atoms with Crippen LogP contribution in [0.1, 0.15) is 44.1 Å². The number of nitrogens with zero attached hydrogens (tertiary/aromatic N) is 1. The second kappa shape index (κ2) is 5.30. The van der Waals surface area contributed by atoms with E-state index in [9.17, 15) is 9.18 Å². The minimum atomic E-state index is -0.238. The molecule has 4 aliphatic carbocycles. The second-order valence-electron chi connectivity index (χ2n) is 8.18. The van der Waals surface area contributed by atoms with Crippen LogP contribution in [0.3, 0.4) is 0 Å². The van der Waals surface area contributed by atoms with Crippen molar-refractivity contribution in [2.24, 2.45) is 17.3 Å². The fourth-order valence-corrected chi connectivity index (χ4v) is 7.24. The van der Waals surface area contributed by atoms with E-state index in [-0.39, 0.29) is 21.5 Å². The van der Waals surface area contributed by atoms with Crippen LogP contribution < -0.4 is 0 Å². The largest absolute Gasteiger partial charge is 0.341 e. The second-order valence-corrected chi connectivity index (χ2v) is 9.87. The molecule has 4 heteroatoms. The Morgan fingerprint density at radius 1 is 1.30 bits per heavy atom. The topological polar surface area (TPSA) is 20.3 Å². The molecule has 5 rings (SSSR count). The third kappa shape index (κ3) is 2.73. The van der Waals surface area contributed by atoms with Crippen LogP contribution in [0, 0.1) is 23.1 Å². The average molecular weight is 380 g/mol. The van der Waals surface area contributed by atoms with Crippen LogP contribution >= 0.6 is 15.9 Å². The number of hydrogen-bond donors (Lipinski definition) is 0. The van der Waals surface area contributed by atoms with E-state index in [1.54, 1.807) is 6.07 Å². The van der Waals surface area contributed by atoms with Crippen molar-refractivity contribution in [3.8, 4) is 0 Å². The molecule has 2 nitrogen and oxygen atoms in total. The van der Waals surface area contributed by atoms with Gasteiger partial charge in [0.05, 0.1) is 5.41 Å². The van der Waals surface area contributed by atoms with Crippen LogP contribution in [0.15, 0.2) is 24.3 Å². The van der Waals surface area contributed by atoms with Crippen LogP contribution in [0.25, 0.3) is 0 Å². The molecule has 0 saturated heterocycles. The molecule has 0 N–H and O–H groups in total. The van der Waals surface area contributed by atoms with Crippen molar-refractivity contribution < 1.29 is 9.18 Å². The molecule has 0 aliphatic heterocycles. The molecule has 0 spiro atoms. The number of benzene rings is 1. The zero-order valence-electron chi connectivity index (χ0n) is 13.5. The molecule has 124 valence electrons. The van der Waals surface area contributed by atoms with Gasteiger partial charge in [-0.15, -0.1) is 0 Å². The number of carbonyl (C=O) groups excluding carboxylic acids is 1. The summed E-state index contributed by atoms with van der Waals surface area (Å²) < 4.78 is 13.6. The molecule has 1 aromatic carbocycles. The maximum absolute atomic E-state index is 13.4. The monoisotopic (exact) mass is 379 g/mol. The van der Waals surface area contributed by atoms with Crippen molar-refractivity contribution in [2.45, 2.75) is 49.4 Å². The average Bonchev–Trinajstić information content (AvgIpc) is 2.43. The van der Waals surface area contributed by atoms with Gasteiger partial charge in [-0.3, -0.25) is 4.79 Å². The standard InChI is InChI=1S/C19H23BrFNO/c1-22(11-13-3-2-4-16(21)6-13)17(23)18-7-14-5-15(8-18)10-19(20,9-14)12-18/h2-4,6,14-15H,5,7-12H2,1H3. The van der Waals surface area contributed by atoms with Gasteiger partial charge in [0.25, 0.3) is 0 Å². The number of alkyl halides is 1. The van der Waals surface area contributed by atoms with Crippen molar-refractivity contribution in [1.82, 2.24) is 4.90 Å². The lowest BCUT2D eigenvalue weighted by Crippen LogP contribution is -2.58. The first-order chi connectivity index (χ1) is 10.9. The fraction of sp³-hybridized carbons (Fsp3) is 0.632. The molecule has 4 aliphatic rings. The summed E-state index contributed by atoms with van der Waals surface area (Å²) in [7, 11) is 1.87. The normalized spacial score (nSPS) is 37.9. The quantitative estimate of drug-likeness (QED) is 0.707. The zero-order valence-corrected chi connectivity index (χ0v) is 15.1. The van der Waals surface area contributed by atoms with Gasteiger partial charge in [-0.2, -0.15) is 0 Å². The third-order valence-corrected chi connectivity index (χ3v) is 7.03. The Bertz CT molecular complexity index is 632. The van der Waals surface area contributed by atoms with Gasteiger partial charge >= 0.3 is 0 Å². The van der Waals surface area contributed by atoms with E-state index >= 15 is 0 Å². The first-order valence-electron chi connectivity index (χ1n) is 8.56. The van der Waals surface area contributed by atoms with Gasteiger partial charge in [0, 0.05) is 17.9 Å². The molecule has 0 aromatic heterocycles. The SMILES string of the molecule is CN(Cc1cccc(F)c1)C(=O)C12CC3CC(CC(Br)(C3)C1)C2. The van der Waals surface area contributed by atoms with E-state index in [0.717, 1.165) is 24.8 Å². The molecule has 2 atom stereocenters. The Labute approximate surface area is 145 Å². The predicted octanol–water partition coefficient (Wildman–Crippen LogP) is 4.52. The van der Waals surface area contributed by atoms with Gasteiger partial charge in [0.2, 0.25) is 5.91 Å².